The third-order valence-corrected chi connectivity index (χ3v) is 4.50. The molecule has 0 spiro atoms. The molecule has 29 heavy (non-hydrogen) atoms. The molecule has 1 fully saturated rings. The van der Waals surface area contributed by atoms with E-state index >= 15 is 0 Å². The monoisotopic (exact) mass is 407 g/mol. The van der Waals surface area contributed by atoms with Crippen molar-refractivity contribution in [1.29, 1.82) is 0 Å². The zero-order chi connectivity index (χ0) is 21.8. The van der Waals surface area contributed by atoms with Gasteiger partial charge in [0.25, 0.3) is 5.69 Å². The molecule has 2 rings (SSSR count). The quantitative estimate of drug-likeness (QED) is 0.585. The molecule has 0 bridgehead atoms. The van der Waals surface area contributed by atoms with E-state index in [0.29, 0.717) is 25.3 Å². The molecule has 1 aromatic carbocycles. The van der Waals surface area contributed by atoms with Crippen molar-refractivity contribution < 1.29 is 19.2 Å². The number of nitrogens with one attached hydrogen (secondary N) is 2. The van der Waals surface area contributed by atoms with Gasteiger partial charge in [0.05, 0.1) is 16.7 Å². The lowest BCUT2D eigenvalue weighted by Crippen LogP contribution is -2.59. The van der Waals surface area contributed by atoms with Gasteiger partial charge in [0.2, 0.25) is 0 Å². The number of nitro benzene ring substituents is 1. The lowest BCUT2D eigenvalue weighted by Gasteiger charge is -2.40. The number of hydrogen-bond acceptors (Lipinski definition) is 6. The molecule has 3 amide bonds. The lowest BCUT2D eigenvalue weighted by molar-refractivity contribution is -0.384. The predicted molar refractivity (Wildman–Crippen MR) is 109 cm³/mol. The van der Waals surface area contributed by atoms with E-state index in [4.69, 9.17) is 4.74 Å². The minimum absolute atomic E-state index is 0.0904. The molecule has 0 saturated carbocycles. The number of ether oxygens (including phenoxy) is 1. The van der Waals surface area contributed by atoms with E-state index in [1.165, 1.54) is 12.1 Å². The second-order valence-corrected chi connectivity index (χ2v) is 8.18. The van der Waals surface area contributed by atoms with Gasteiger partial charge in [-0.05, 0) is 40.3 Å². The minimum atomic E-state index is -0.607. The van der Waals surface area contributed by atoms with Crippen molar-refractivity contribution in [2.45, 2.75) is 39.3 Å². The van der Waals surface area contributed by atoms with Crippen LogP contribution in [0.3, 0.4) is 0 Å². The van der Waals surface area contributed by atoms with Crippen LogP contribution in [0.1, 0.15) is 26.3 Å². The lowest BCUT2D eigenvalue weighted by atomic mass is 10.1. The molecule has 1 heterocycles. The molecule has 1 aliphatic heterocycles. The average molecular weight is 407 g/mol. The van der Waals surface area contributed by atoms with Gasteiger partial charge in [-0.25, -0.2) is 9.59 Å². The Labute approximate surface area is 170 Å². The van der Waals surface area contributed by atoms with Crippen LogP contribution in [-0.2, 0) is 4.74 Å². The first-order valence-corrected chi connectivity index (χ1v) is 9.44. The molecule has 0 aromatic heterocycles. The Balaban J connectivity index is 2.07. The highest BCUT2D eigenvalue weighted by Crippen LogP contribution is 2.23. The van der Waals surface area contributed by atoms with Gasteiger partial charge in [0.15, 0.2) is 0 Å². The van der Waals surface area contributed by atoms with Crippen LogP contribution >= 0.6 is 0 Å². The molecule has 1 unspecified atom stereocenters. The van der Waals surface area contributed by atoms with Crippen LogP contribution < -0.4 is 10.6 Å². The number of rotatable bonds is 4. The predicted octanol–water partition coefficient (Wildman–Crippen LogP) is 2.58. The maximum atomic E-state index is 12.9. The van der Waals surface area contributed by atoms with E-state index in [9.17, 15) is 19.7 Å². The summed E-state index contributed by atoms with van der Waals surface area (Å²) in [5.74, 6) is 0. The molecule has 160 valence electrons. The van der Waals surface area contributed by atoms with Gasteiger partial charge in [-0.1, -0.05) is 6.07 Å². The highest BCUT2D eigenvalue weighted by molar-refractivity contribution is 5.91. The Hall–Kier alpha value is -2.88. The maximum absolute atomic E-state index is 12.9. The van der Waals surface area contributed by atoms with Crippen molar-refractivity contribution >= 4 is 23.5 Å². The summed E-state index contributed by atoms with van der Waals surface area (Å²) in [6.45, 7) is 9.08. The Bertz CT molecular complexity index is 777. The van der Waals surface area contributed by atoms with Gasteiger partial charge in [-0.3, -0.25) is 10.1 Å². The molecule has 1 aromatic rings. The summed E-state index contributed by atoms with van der Waals surface area (Å²) in [5, 5.41) is 16.5. The Morgan fingerprint density at radius 1 is 1.31 bits per heavy atom. The number of anilines is 1. The fourth-order valence-electron chi connectivity index (χ4n) is 3.01. The van der Waals surface area contributed by atoms with Crippen LogP contribution in [0, 0.1) is 17.0 Å². The number of piperazine rings is 1. The van der Waals surface area contributed by atoms with Crippen LogP contribution in [0.2, 0.25) is 0 Å². The highest BCUT2D eigenvalue weighted by atomic mass is 16.6. The summed E-state index contributed by atoms with van der Waals surface area (Å²) in [5.41, 5.74) is 0.417. The number of amides is 3. The second-order valence-electron chi connectivity index (χ2n) is 8.18. The van der Waals surface area contributed by atoms with E-state index < -0.39 is 16.6 Å². The molecule has 0 radical (unpaired) electrons. The van der Waals surface area contributed by atoms with Gasteiger partial charge in [0.1, 0.15) is 5.60 Å². The maximum Gasteiger partial charge on any atom is 0.407 e. The standard InChI is InChI=1S/C19H29N5O5/c1-13-6-7-14(24(27)28)10-16(13)21-17(25)23-9-8-22(5)12-15(23)11-20-18(26)29-19(2,3)4/h6-7,10,15H,8-9,11-12H2,1-5H3,(H,20,26)(H,21,25). The molecular weight excluding hydrogens is 378 g/mol. The van der Waals surface area contributed by atoms with Crippen LogP contribution in [0.25, 0.3) is 0 Å². The molecule has 1 saturated heterocycles. The summed E-state index contributed by atoms with van der Waals surface area (Å²) < 4.78 is 5.25. The normalized spacial score (nSPS) is 17.6. The number of nitrogens with zero attached hydrogens (tertiary/aromatic N) is 3. The molecule has 10 nitrogen and oxygen atoms in total. The van der Waals surface area contributed by atoms with Gasteiger partial charge >= 0.3 is 12.1 Å². The average Bonchev–Trinajstić information content (AvgIpc) is 2.60. The van der Waals surface area contributed by atoms with Crippen LogP contribution in [0.4, 0.5) is 21.0 Å². The van der Waals surface area contributed by atoms with Gasteiger partial charge in [0, 0.05) is 38.3 Å². The van der Waals surface area contributed by atoms with Gasteiger partial charge < -0.3 is 25.2 Å². The van der Waals surface area contributed by atoms with Crippen LogP contribution in [-0.4, -0.2) is 71.7 Å². The smallest absolute Gasteiger partial charge is 0.407 e. The van der Waals surface area contributed by atoms with Crippen molar-refractivity contribution in [3.8, 4) is 0 Å². The third kappa shape index (κ3) is 6.60. The molecule has 2 N–H and O–H groups in total. The fourth-order valence-corrected chi connectivity index (χ4v) is 3.01. The van der Waals surface area contributed by atoms with Crippen molar-refractivity contribution in [1.82, 2.24) is 15.1 Å². The summed E-state index contributed by atoms with van der Waals surface area (Å²) in [7, 11) is 1.94. The topological polar surface area (TPSA) is 117 Å². The van der Waals surface area contributed by atoms with E-state index in [-0.39, 0.29) is 24.3 Å². The highest BCUT2D eigenvalue weighted by Gasteiger charge is 2.30. The van der Waals surface area contributed by atoms with E-state index in [2.05, 4.69) is 15.5 Å². The van der Waals surface area contributed by atoms with Crippen molar-refractivity contribution in [3.05, 3.63) is 33.9 Å². The largest absolute Gasteiger partial charge is 0.444 e. The first-order chi connectivity index (χ1) is 13.5. The molecule has 1 atom stereocenters. The van der Waals surface area contributed by atoms with E-state index in [1.807, 2.05) is 7.05 Å². The van der Waals surface area contributed by atoms with Crippen LogP contribution in [0.5, 0.6) is 0 Å². The summed E-state index contributed by atoms with van der Waals surface area (Å²) >= 11 is 0. The number of hydrogen-bond donors (Lipinski definition) is 2. The Morgan fingerprint density at radius 2 is 2.00 bits per heavy atom. The number of non-ortho nitro benzene ring substituents is 1. The number of urea groups is 1. The van der Waals surface area contributed by atoms with Crippen molar-refractivity contribution in [3.63, 3.8) is 0 Å². The number of benzene rings is 1. The van der Waals surface area contributed by atoms with Gasteiger partial charge in [-0.2, -0.15) is 0 Å². The van der Waals surface area contributed by atoms with Gasteiger partial charge in [-0.15, -0.1) is 0 Å². The SMILES string of the molecule is Cc1ccc([N+](=O)[O-])cc1NC(=O)N1CCN(C)CC1CNC(=O)OC(C)(C)C. The fraction of sp³-hybridized carbons (Fsp3) is 0.579. The summed E-state index contributed by atoms with van der Waals surface area (Å²) in [4.78, 5) is 39.1. The number of alkyl carbamates (subject to hydrolysis) is 1. The summed E-state index contributed by atoms with van der Waals surface area (Å²) in [6.07, 6.45) is -0.541. The van der Waals surface area contributed by atoms with Crippen molar-refractivity contribution in [2.75, 3.05) is 38.5 Å². The Morgan fingerprint density at radius 3 is 2.62 bits per heavy atom. The number of nitro groups is 1. The van der Waals surface area contributed by atoms with Crippen molar-refractivity contribution in [2.24, 2.45) is 0 Å². The zero-order valence-corrected chi connectivity index (χ0v) is 17.5. The number of likely N-dealkylation sites (N-methyl/N-ethyl adjacent to an activating group) is 1. The zero-order valence-electron chi connectivity index (χ0n) is 17.5. The minimum Gasteiger partial charge on any atom is -0.444 e. The molecule has 0 aliphatic carbocycles. The Kier molecular flexibility index (Phi) is 7.02. The first kappa shape index (κ1) is 22.4. The summed E-state index contributed by atoms with van der Waals surface area (Å²) in [6, 6.07) is 3.71. The van der Waals surface area contributed by atoms with E-state index in [1.54, 1.807) is 38.7 Å². The second kappa shape index (κ2) is 9.08. The number of carbonyl (C=O) groups is 2. The van der Waals surface area contributed by atoms with Crippen LogP contribution in [0.15, 0.2) is 18.2 Å². The number of carbonyl (C=O) groups excluding carboxylic acids is 2. The first-order valence-electron chi connectivity index (χ1n) is 9.44. The molecular formula is C19H29N5O5. The molecule has 10 heteroatoms. The molecule has 1 aliphatic rings. The number of aryl methyl sites for hydroxylation is 1. The third-order valence-electron chi connectivity index (χ3n) is 4.50. The van der Waals surface area contributed by atoms with E-state index in [0.717, 1.165) is 5.56 Å².